The smallest absolute Gasteiger partial charge is 0.220 e. The molecule has 62 heavy (non-hydrogen) atoms. The molecule has 1 aliphatic heterocycles. The van der Waals surface area contributed by atoms with E-state index in [0.717, 1.165) is 51.4 Å². The highest BCUT2D eigenvalue weighted by Crippen LogP contribution is 2.23. The molecule has 1 fully saturated rings. The minimum atomic E-state index is -1.55. The molecule has 0 saturated carbocycles. The van der Waals surface area contributed by atoms with E-state index in [2.05, 4.69) is 31.3 Å². The van der Waals surface area contributed by atoms with Gasteiger partial charge in [0.1, 0.15) is 24.4 Å². The molecule has 0 spiro atoms. The van der Waals surface area contributed by atoms with E-state index >= 15 is 0 Å². The van der Waals surface area contributed by atoms with Gasteiger partial charge >= 0.3 is 0 Å². The standard InChI is InChI=1S/C53H103NO8/c1-3-5-7-9-11-13-15-17-18-19-20-21-22-23-24-25-26-27-28-29-31-32-34-36-38-40-42-47(56)46(45-61-53-52(60)51(59)50(58)48(44-55)62-53)54-49(57)43-41-39-37-35-33-30-16-14-12-10-8-6-4-2/h14,16,46-48,50-53,55-56,58-60H,3-13,15,17-45H2,1-2H3,(H,54,57)/b16-14-. The van der Waals surface area contributed by atoms with Gasteiger partial charge in [-0.05, 0) is 38.5 Å². The third-order valence-corrected chi connectivity index (χ3v) is 13.1. The summed E-state index contributed by atoms with van der Waals surface area (Å²) in [5, 5.41) is 54.5. The zero-order valence-corrected chi connectivity index (χ0v) is 40.6. The molecule has 0 aromatic carbocycles. The number of rotatable bonds is 46. The number of unbranched alkanes of at least 4 members (excludes halogenated alkanes) is 34. The van der Waals surface area contributed by atoms with Crippen LogP contribution in [0.4, 0.5) is 0 Å². The van der Waals surface area contributed by atoms with Crippen LogP contribution in [0.3, 0.4) is 0 Å². The highest BCUT2D eigenvalue weighted by Gasteiger charge is 2.44. The lowest BCUT2D eigenvalue weighted by molar-refractivity contribution is -0.302. The summed E-state index contributed by atoms with van der Waals surface area (Å²) in [5.74, 6) is -0.150. The molecular formula is C53H103NO8. The van der Waals surface area contributed by atoms with Crippen LogP contribution < -0.4 is 5.32 Å². The normalized spacial score (nSPS) is 20.3. The minimum absolute atomic E-state index is 0.138. The van der Waals surface area contributed by atoms with Crippen molar-refractivity contribution >= 4 is 5.91 Å². The van der Waals surface area contributed by atoms with E-state index in [-0.39, 0.29) is 12.5 Å². The van der Waals surface area contributed by atoms with Crippen molar-refractivity contribution in [1.29, 1.82) is 0 Å². The number of nitrogens with one attached hydrogen (secondary N) is 1. The number of amides is 1. The van der Waals surface area contributed by atoms with Gasteiger partial charge in [0.05, 0.1) is 25.4 Å². The molecule has 0 aromatic heterocycles. The number of carbonyl (C=O) groups is 1. The number of allylic oxidation sites excluding steroid dienone is 2. The van der Waals surface area contributed by atoms with Crippen LogP contribution in [-0.2, 0) is 14.3 Å². The minimum Gasteiger partial charge on any atom is -0.394 e. The monoisotopic (exact) mass is 882 g/mol. The third kappa shape index (κ3) is 33.4. The number of ether oxygens (including phenoxy) is 2. The Labute approximate surface area is 382 Å². The van der Waals surface area contributed by atoms with Crippen LogP contribution in [0.1, 0.15) is 264 Å². The topological polar surface area (TPSA) is 149 Å². The third-order valence-electron chi connectivity index (χ3n) is 13.1. The average molecular weight is 882 g/mol. The number of aliphatic hydroxyl groups excluding tert-OH is 5. The molecule has 1 amide bonds. The maximum absolute atomic E-state index is 13.0. The van der Waals surface area contributed by atoms with Crippen LogP contribution >= 0.6 is 0 Å². The summed E-state index contributed by atoms with van der Waals surface area (Å²) >= 11 is 0. The highest BCUT2D eigenvalue weighted by atomic mass is 16.7. The zero-order valence-electron chi connectivity index (χ0n) is 40.6. The number of hydrogen-bond donors (Lipinski definition) is 6. The predicted molar refractivity (Wildman–Crippen MR) is 258 cm³/mol. The number of aliphatic hydroxyl groups is 5. The van der Waals surface area contributed by atoms with Crippen molar-refractivity contribution in [1.82, 2.24) is 5.32 Å². The van der Waals surface area contributed by atoms with Gasteiger partial charge in [-0.3, -0.25) is 4.79 Å². The van der Waals surface area contributed by atoms with E-state index < -0.39 is 49.5 Å². The second-order valence-electron chi connectivity index (χ2n) is 19.0. The zero-order chi connectivity index (χ0) is 45.1. The molecular weight excluding hydrogens is 779 g/mol. The van der Waals surface area contributed by atoms with Crippen molar-refractivity contribution in [3.63, 3.8) is 0 Å². The maximum Gasteiger partial charge on any atom is 0.220 e. The van der Waals surface area contributed by atoms with Crippen LogP contribution in [0.25, 0.3) is 0 Å². The molecule has 1 aliphatic rings. The lowest BCUT2D eigenvalue weighted by Crippen LogP contribution is -2.60. The molecule has 0 radical (unpaired) electrons. The Morgan fingerprint density at radius 1 is 0.532 bits per heavy atom. The van der Waals surface area contributed by atoms with Gasteiger partial charge in [0.2, 0.25) is 5.91 Å². The van der Waals surface area contributed by atoms with Crippen molar-refractivity contribution in [2.75, 3.05) is 13.2 Å². The van der Waals surface area contributed by atoms with Crippen LogP contribution in [0.5, 0.6) is 0 Å². The first-order chi connectivity index (χ1) is 30.3. The molecule has 1 heterocycles. The van der Waals surface area contributed by atoms with E-state index in [9.17, 15) is 30.3 Å². The first kappa shape index (κ1) is 58.9. The van der Waals surface area contributed by atoms with E-state index in [1.54, 1.807) is 0 Å². The van der Waals surface area contributed by atoms with E-state index in [4.69, 9.17) is 9.47 Å². The molecule has 1 saturated heterocycles. The second kappa shape index (κ2) is 43.8. The van der Waals surface area contributed by atoms with E-state index in [1.165, 1.54) is 186 Å². The lowest BCUT2D eigenvalue weighted by atomic mass is 9.99. The van der Waals surface area contributed by atoms with Crippen molar-refractivity contribution in [3.8, 4) is 0 Å². The summed E-state index contributed by atoms with van der Waals surface area (Å²) in [4.78, 5) is 13.0. The molecule has 7 atom stereocenters. The Morgan fingerprint density at radius 3 is 1.32 bits per heavy atom. The van der Waals surface area contributed by atoms with Gasteiger partial charge in [-0.2, -0.15) is 0 Å². The summed E-state index contributed by atoms with van der Waals surface area (Å²) in [5.41, 5.74) is 0. The summed E-state index contributed by atoms with van der Waals surface area (Å²) in [6.07, 6.45) is 45.3. The van der Waals surface area contributed by atoms with Gasteiger partial charge < -0.3 is 40.3 Å². The largest absolute Gasteiger partial charge is 0.394 e. The predicted octanol–water partition coefficient (Wildman–Crippen LogP) is 12.5. The fourth-order valence-corrected chi connectivity index (χ4v) is 8.80. The number of carbonyl (C=O) groups excluding carboxylic acids is 1. The molecule has 9 nitrogen and oxygen atoms in total. The van der Waals surface area contributed by atoms with Gasteiger partial charge in [-0.25, -0.2) is 0 Å². The quantitative estimate of drug-likeness (QED) is 0.0261. The first-order valence-electron chi connectivity index (χ1n) is 26.9. The second-order valence-corrected chi connectivity index (χ2v) is 19.0. The van der Waals surface area contributed by atoms with Gasteiger partial charge in [0.15, 0.2) is 6.29 Å². The van der Waals surface area contributed by atoms with E-state index in [0.29, 0.717) is 12.8 Å². The summed E-state index contributed by atoms with van der Waals surface area (Å²) in [6.45, 7) is 3.84. The van der Waals surface area contributed by atoms with Gasteiger partial charge in [-0.15, -0.1) is 0 Å². The highest BCUT2D eigenvalue weighted by molar-refractivity contribution is 5.76. The summed E-state index contributed by atoms with van der Waals surface area (Å²) in [7, 11) is 0. The Hall–Kier alpha value is -1.07. The summed E-state index contributed by atoms with van der Waals surface area (Å²) in [6, 6.07) is -0.720. The average Bonchev–Trinajstić information content (AvgIpc) is 3.27. The molecule has 0 bridgehead atoms. The molecule has 0 aromatic rings. The molecule has 9 heteroatoms. The lowest BCUT2D eigenvalue weighted by Gasteiger charge is -2.40. The van der Waals surface area contributed by atoms with Crippen molar-refractivity contribution in [2.45, 2.75) is 307 Å². The van der Waals surface area contributed by atoms with Gasteiger partial charge in [0.25, 0.3) is 0 Å². The van der Waals surface area contributed by atoms with Crippen LogP contribution in [0.2, 0.25) is 0 Å². The van der Waals surface area contributed by atoms with Crippen molar-refractivity contribution in [3.05, 3.63) is 12.2 Å². The first-order valence-corrected chi connectivity index (χ1v) is 26.9. The van der Waals surface area contributed by atoms with Crippen LogP contribution in [0.15, 0.2) is 12.2 Å². The SMILES string of the molecule is CCCCCC/C=C\CCCCCCCC(=O)NC(COC1OC(CO)C(O)C(O)C1O)C(O)CCCCCCCCCCCCCCCCCCCCCCCCCCCC. The molecule has 1 rings (SSSR count). The Kier molecular flexibility index (Phi) is 41.6. The molecule has 0 aliphatic carbocycles. The van der Waals surface area contributed by atoms with Crippen molar-refractivity contribution < 1.29 is 39.8 Å². The molecule has 7 unspecified atom stereocenters. The van der Waals surface area contributed by atoms with Gasteiger partial charge in [0, 0.05) is 6.42 Å². The fourth-order valence-electron chi connectivity index (χ4n) is 8.80. The summed E-state index contributed by atoms with van der Waals surface area (Å²) < 4.78 is 11.3. The Bertz CT molecular complexity index is 981. The van der Waals surface area contributed by atoms with Crippen molar-refractivity contribution in [2.24, 2.45) is 0 Å². The fraction of sp³-hybridized carbons (Fsp3) is 0.943. The molecule has 6 N–H and O–H groups in total. The van der Waals surface area contributed by atoms with Gasteiger partial charge in [-0.1, -0.05) is 231 Å². The molecule has 368 valence electrons. The van der Waals surface area contributed by atoms with E-state index in [1.807, 2.05) is 0 Å². The maximum atomic E-state index is 13.0. The van der Waals surface area contributed by atoms with Crippen LogP contribution in [0, 0.1) is 0 Å². The van der Waals surface area contributed by atoms with Crippen LogP contribution in [-0.4, -0.2) is 87.5 Å². The number of hydrogen-bond acceptors (Lipinski definition) is 8. The Balaban J connectivity index is 2.19. The Morgan fingerprint density at radius 2 is 0.903 bits per heavy atom.